The van der Waals surface area contributed by atoms with Crippen LogP contribution in [0.1, 0.15) is 34.6 Å². The van der Waals surface area contributed by atoms with E-state index >= 15 is 0 Å². The van der Waals surface area contributed by atoms with Crippen molar-refractivity contribution in [2.75, 3.05) is 0 Å². The molecule has 2 heterocycles. The first-order valence-electron chi connectivity index (χ1n) is 5.36. The van der Waals surface area contributed by atoms with Gasteiger partial charge < -0.3 is 5.32 Å². The molecule has 0 bridgehead atoms. The lowest BCUT2D eigenvalue weighted by atomic mass is 9.88. The molecule has 0 aromatic heterocycles. The van der Waals surface area contributed by atoms with Gasteiger partial charge >= 0.3 is 0 Å². The maximum atomic E-state index is 12.1. The molecule has 2 aliphatic rings. The highest BCUT2D eigenvalue weighted by Gasteiger charge is 2.47. The number of allylic oxidation sites excluding steroid dienone is 1. The highest BCUT2D eigenvalue weighted by molar-refractivity contribution is 6.52. The predicted octanol–water partition coefficient (Wildman–Crippen LogP) is 1.01. The number of hydrogen-bond acceptors (Lipinski definition) is 4. The van der Waals surface area contributed by atoms with Crippen LogP contribution in [0.5, 0.6) is 0 Å². The number of dihydropyridines is 1. The second-order valence-corrected chi connectivity index (χ2v) is 5.43. The lowest BCUT2D eigenvalue weighted by Crippen LogP contribution is -2.38. The number of aliphatic imine (C=N–C) groups is 1. The van der Waals surface area contributed by atoms with Crippen LogP contribution < -0.4 is 5.32 Å². The monoisotopic (exact) mass is 220 g/mol. The van der Waals surface area contributed by atoms with E-state index in [1.165, 1.54) is 0 Å². The average molecular weight is 220 g/mol. The van der Waals surface area contributed by atoms with Gasteiger partial charge in [-0.05, 0) is 34.6 Å². The molecule has 1 saturated heterocycles. The van der Waals surface area contributed by atoms with Gasteiger partial charge in [-0.3, -0.25) is 14.6 Å². The van der Waals surface area contributed by atoms with Crippen LogP contribution in [0.2, 0.25) is 0 Å². The van der Waals surface area contributed by atoms with E-state index in [1.54, 1.807) is 34.6 Å². The van der Waals surface area contributed by atoms with Crippen molar-refractivity contribution in [2.45, 2.75) is 45.7 Å². The lowest BCUT2D eigenvalue weighted by Gasteiger charge is -2.24. The molecule has 0 aromatic rings. The molecule has 1 fully saturated rings. The zero-order valence-corrected chi connectivity index (χ0v) is 10.3. The summed E-state index contributed by atoms with van der Waals surface area (Å²) in [6.45, 7) is 8.82. The zero-order valence-electron chi connectivity index (χ0n) is 10.3. The van der Waals surface area contributed by atoms with Crippen LogP contribution in [0.3, 0.4) is 0 Å². The fourth-order valence-electron chi connectivity index (χ4n) is 2.12. The zero-order chi connectivity index (χ0) is 12.3. The second kappa shape index (κ2) is 2.81. The first kappa shape index (κ1) is 11.0. The Morgan fingerprint density at radius 3 is 2.19 bits per heavy atom. The molecule has 0 unspecified atom stereocenters. The van der Waals surface area contributed by atoms with Crippen LogP contribution in [0.25, 0.3) is 0 Å². The van der Waals surface area contributed by atoms with Crippen molar-refractivity contribution in [1.29, 1.82) is 0 Å². The first-order chi connectivity index (χ1) is 7.17. The van der Waals surface area contributed by atoms with E-state index < -0.39 is 11.1 Å². The van der Waals surface area contributed by atoms with Crippen molar-refractivity contribution in [1.82, 2.24) is 5.32 Å². The highest BCUT2D eigenvalue weighted by Crippen LogP contribution is 2.31. The third kappa shape index (κ3) is 1.25. The number of nitrogens with one attached hydrogen (secondary N) is 1. The van der Waals surface area contributed by atoms with E-state index in [9.17, 15) is 9.59 Å². The number of Topliss-reactive ketones (excluding diaryl/α,β-unsaturated/α-hetero) is 2. The minimum absolute atomic E-state index is 0.0238. The largest absolute Gasteiger partial charge is 0.371 e. The Labute approximate surface area is 94.8 Å². The van der Waals surface area contributed by atoms with Crippen molar-refractivity contribution in [2.24, 2.45) is 4.99 Å². The van der Waals surface area contributed by atoms with Gasteiger partial charge in [0.15, 0.2) is 5.78 Å². The summed E-state index contributed by atoms with van der Waals surface area (Å²) in [7, 11) is 0. The van der Waals surface area contributed by atoms with E-state index in [0.717, 1.165) is 0 Å². The summed E-state index contributed by atoms with van der Waals surface area (Å²) in [6.07, 6.45) is 0. The SMILES string of the molecule is CC1=C2NC(C)(C)C(=O)C2=NC(C)(C)C1=O. The van der Waals surface area contributed by atoms with E-state index in [4.69, 9.17) is 0 Å². The summed E-state index contributed by atoms with van der Waals surface area (Å²) in [5.74, 6) is -0.0633. The number of ketones is 2. The molecule has 16 heavy (non-hydrogen) atoms. The molecule has 0 aliphatic carbocycles. The van der Waals surface area contributed by atoms with E-state index in [1.807, 2.05) is 0 Å². The third-order valence-electron chi connectivity index (χ3n) is 3.12. The Bertz CT molecular complexity index is 467. The molecule has 2 rings (SSSR count). The number of fused-ring (bicyclic) bond motifs is 1. The molecule has 1 N–H and O–H groups in total. The molecule has 0 radical (unpaired) electrons. The Hall–Kier alpha value is -1.45. The Kier molecular flexibility index (Phi) is 1.94. The van der Waals surface area contributed by atoms with E-state index in [0.29, 0.717) is 17.0 Å². The fourth-order valence-corrected chi connectivity index (χ4v) is 2.12. The number of rotatable bonds is 0. The van der Waals surface area contributed by atoms with Crippen LogP contribution in [0, 0.1) is 0 Å². The molecule has 0 spiro atoms. The van der Waals surface area contributed by atoms with Gasteiger partial charge in [0, 0.05) is 5.57 Å². The number of carbonyl (C=O) groups excluding carboxylic acids is 2. The van der Waals surface area contributed by atoms with Gasteiger partial charge in [0.2, 0.25) is 5.78 Å². The van der Waals surface area contributed by atoms with Crippen molar-refractivity contribution in [3.05, 3.63) is 11.3 Å². The molecule has 0 saturated carbocycles. The highest BCUT2D eigenvalue weighted by atomic mass is 16.1. The van der Waals surface area contributed by atoms with E-state index in [2.05, 4.69) is 10.3 Å². The normalized spacial score (nSPS) is 26.4. The van der Waals surface area contributed by atoms with Crippen LogP contribution in [-0.2, 0) is 9.59 Å². The summed E-state index contributed by atoms with van der Waals surface area (Å²) in [4.78, 5) is 28.3. The van der Waals surface area contributed by atoms with Crippen molar-refractivity contribution in [3.63, 3.8) is 0 Å². The van der Waals surface area contributed by atoms with E-state index in [-0.39, 0.29) is 11.6 Å². The van der Waals surface area contributed by atoms with Gasteiger partial charge in [0.25, 0.3) is 0 Å². The predicted molar refractivity (Wildman–Crippen MR) is 61.4 cm³/mol. The van der Waals surface area contributed by atoms with Gasteiger partial charge in [0.1, 0.15) is 11.3 Å². The minimum atomic E-state index is -0.819. The Morgan fingerprint density at radius 1 is 1.06 bits per heavy atom. The van der Waals surface area contributed by atoms with Crippen molar-refractivity contribution >= 4 is 17.3 Å². The molecule has 4 heteroatoms. The van der Waals surface area contributed by atoms with Gasteiger partial charge in [-0.1, -0.05) is 0 Å². The fraction of sp³-hybridized carbons (Fsp3) is 0.583. The Balaban J connectivity index is 2.64. The quantitative estimate of drug-likeness (QED) is 0.663. The maximum Gasteiger partial charge on any atom is 0.207 e. The second-order valence-electron chi connectivity index (χ2n) is 5.43. The van der Waals surface area contributed by atoms with Gasteiger partial charge in [-0.2, -0.15) is 0 Å². The molecular weight excluding hydrogens is 204 g/mol. The third-order valence-corrected chi connectivity index (χ3v) is 3.12. The molecule has 86 valence electrons. The number of hydrogen-bond donors (Lipinski definition) is 1. The first-order valence-corrected chi connectivity index (χ1v) is 5.36. The van der Waals surface area contributed by atoms with Gasteiger partial charge in [-0.15, -0.1) is 0 Å². The summed E-state index contributed by atoms with van der Waals surface area (Å²) in [5.41, 5.74) is 0.164. The summed E-state index contributed by atoms with van der Waals surface area (Å²) in [6, 6.07) is 0. The molecule has 0 atom stereocenters. The Morgan fingerprint density at radius 2 is 1.62 bits per heavy atom. The average Bonchev–Trinajstić information content (AvgIpc) is 2.38. The maximum absolute atomic E-state index is 12.1. The molecule has 4 nitrogen and oxygen atoms in total. The van der Waals surface area contributed by atoms with Crippen LogP contribution in [0.4, 0.5) is 0 Å². The molecular formula is C12H16N2O2. The van der Waals surface area contributed by atoms with Crippen molar-refractivity contribution < 1.29 is 9.59 Å². The molecule has 0 amide bonds. The number of nitrogens with zero attached hydrogens (tertiary/aromatic N) is 1. The smallest absolute Gasteiger partial charge is 0.207 e. The topological polar surface area (TPSA) is 58.5 Å². The molecule has 2 aliphatic heterocycles. The lowest BCUT2D eigenvalue weighted by molar-refractivity contribution is -0.119. The standard InChI is InChI=1S/C12H16N2O2/c1-6-7-8(10(16)12(4,5)13-7)14-11(2,3)9(6)15/h13H,1-5H3. The summed E-state index contributed by atoms with van der Waals surface area (Å²) in [5, 5.41) is 3.08. The van der Waals surface area contributed by atoms with Gasteiger partial charge in [0.05, 0.1) is 11.2 Å². The molecule has 0 aromatic carbocycles. The minimum Gasteiger partial charge on any atom is -0.371 e. The van der Waals surface area contributed by atoms with Crippen LogP contribution in [0.15, 0.2) is 16.3 Å². The van der Waals surface area contributed by atoms with Crippen molar-refractivity contribution in [3.8, 4) is 0 Å². The summed E-state index contributed by atoms with van der Waals surface area (Å²) < 4.78 is 0. The number of carbonyl (C=O) groups is 2. The van der Waals surface area contributed by atoms with Crippen LogP contribution in [-0.4, -0.2) is 28.4 Å². The van der Waals surface area contributed by atoms with Crippen LogP contribution >= 0.6 is 0 Å². The summed E-state index contributed by atoms with van der Waals surface area (Å²) >= 11 is 0. The van der Waals surface area contributed by atoms with Gasteiger partial charge in [-0.25, -0.2) is 0 Å².